The van der Waals surface area contributed by atoms with Crippen LogP contribution in [0.3, 0.4) is 0 Å². The highest BCUT2D eigenvalue weighted by Gasteiger charge is 2.22. The van der Waals surface area contributed by atoms with E-state index in [0.29, 0.717) is 26.0 Å². The quantitative estimate of drug-likeness (QED) is 0.648. The van der Waals surface area contributed by atoms with Crippen molar-refractivity contribution in [2.45, 2.75) is 32.2 Å². The lowest BCUT2D eigenvalue weighted by molar-refractivity contribution is -0.116. The molecule has 1 unspecified atom stereocenters. The second-order valence-corrected chi connectivity index (χ2v) is 5.51. The summed E-state index contributed by atoms with van der Waals surface area (Å²) in [6, 6.07) is 7.70. The Morgan fingerprint density at radius 3 is 2.71 bits per heavy atom. The van der Waals surface area contributed by atoms with Gasteiger partial charge in [0, 0.05) is 37.9 Å². The number of carbonyl (C=O) groups is 1. The van der Waals surface area contributed by atoms with Crippen LogP contribution in [0.25, 0.3) is 0 Å². The first kappa shape index (κ1) is 17.6. The van der Waals surface area contributed by atoms with E-state index in [1.54, 1.807) is 7.11 Å². The predicted octanol–water partition coefficient (Wildman–Crippen LogP) is 1.70. The fourth-order valence-electron chi connectivity index (χ4n) is 2.18. The fourth-order valence-corrected chi connectivity index (χ4v) is 2.18. The number of aryl methyl sites for hydroxylation is 1. The van der Waals surface area contributed by atoms with Gasteiger partial charge in [-0.15, -0.1) is 0 Å². The number of carbonyl (C=O) groups excluding carboxylic acids is 1. The Kier molecular flexibility index (Phi) is 7.36. The maximum absolute atomic E-state index is 11.9. The summed E-state index contributed by atoms with van der Waals surface area (Å²) in [6.07, 6.45) is 0.958. The van der Waals surface area contributed by atoms with Gasteiger partial charge in [0.1, 0.15) is 0 Å². The second kappa shape index (κ2) is 8.77. The van der Waals surface area contributed by atoms with E-state index in [-0.39, 0.29) is 18.1 Å². The van der Waals surface area contributed by atoms with Gasteiger partial charge in [-0.25, -0.2) is 0 Å². The van der Waals surface area contributed by atoms with E-state index in [1.165, 1.54) is 0 Å². The van der Waals surface area contributed by atoms with E-state index in [9.17, 15) is 4.79 Å². The van der Waals surface area contributed by atoms with Gasteiger partial charge in [-0.1, -0.05) is 18.2 Å². The van der Waals surface area contributed by atoms with Gasteiger partial charge in [0.05, 0.1) is 6.61 Å². The number of rotatable bonds is 9. The molecule has 118 valence electrons. The Balaban J connectivity index is 2.41. The van der Waals surface area contributed by atoms with Crippen molar-refractivity contribution >= 4 is 11.6 Å². The van der Waals surface area contributed by atoms with Crippen LogP contribution in [0.2, 0.25) is 0 Å². The van der Waals surface area contributed by atoms with Crippen molar-refractivity contribution in [1.29, 1.82) is 0 Å². The first-order chi connectivity index (χ1) is 10.0. The summed E-state index contributed by atoms with van der Waals surface area (Å²) in [7, 11) is 1.63. The molecule has 1 atom stereocenters. The van der Waals surface area contributed by atoms with E-state index >= 15 is 0 Å². The molecule has 0 aliphatic carbocycles. The van der Waals surface area contributed by atoms with Gasteiger partial charge in [0.2, 0.25) is 5.91 Å². The molecule has 0 heterocycles. The Labute approximate surface area is 126 Å². The van der Waals surface area contributed by atoms with E-state index in [4.69, 9.17) is 9.84 Å². The van der Waals surface area contributed by atoms with Crippen LogP contribution in [0.4, 0.5) is 5.69 Å². The molecule has 0 bridgehead atoms. The SMILES string of the molecule is COCC(C)(CCO)NCCC(=O)Nc1ccccc1C. The van der Waals surface area contributed by atoms with Crippen LogP contribution < -0.4 is 10.6 Å². The molecule has 1 aromatic carbocycles. The zero-order valence-corrected chi connectivity index (χ0v) is 13.1. The lowest BCUT2D eigenvalue weighted by atomic mass is 9.99. The van der Waals surface area contributed by atoms with Gasteiger partial charge in [0.15, 0.2) is 0 Å². The maximum Gasteiger partial charge on any atom is 0.225 e. The third kappa shape index (κ3) is 6.25. The standard InChI is InChI=1S/C16H26N2O3/c1-13-6-4-5-7-14(13)18-15(20)8-10-17-16(2,9-11-19)12-21-3/h4-7,17,19H,8-12H2,1-3H3,(H,18,20). The van der Waals surface area contributed by atoms with Gasteiger partial charge < -0.3 is 20.5 Å². The summed E-state index contributed by atoms with van der Waals surface area (Å²) in [5.74, 6) is -0.0273. The first-order valence-electron chi connectivity index (χ1n) is 7.21. The van der Waals surface area contributed by atoms with E-state index < -0.39 is 0 Å². The van der Waals surface area contributed by atoms with E-state index in [1.807, 2.05) is 38.1 Å². The second-order valence-electron chi connectivity index (χ2n) is 5.51. The van der Waals surface area contributed by atoms with Crippen LogP contribution >= 0.6 is 0 Å². The first-order valence-corrected chi connectivity index (χ1v) is 7.21. The molecular weight excluding hydrogens is 268 g/mol. The van der Waals surface area contributed by atoms with Crippen molar-refractivity contribution in [3.8, 4) is 0 Å². The fraction of sp³-hybridized carbons (Fsp3) is 0.562. The van der Waals surface area contributed by atoms with Crippen LogP contribution in [-0.2, 0) is 9.53 Å². The average molecular weight is 294 g/mol. The van der Waals surface area contributed by atoms with Crippen LogP contribution in [0, 0.1) is 6.92 Å². The van der Waals surface area contributed by atoms with Crippen molar-refractivity contribution in [3.63, 3.8) is 0 Å². The van der Waals surface area contributed by atoms with Gasteiger partial charge in [0.25, 0.3) is 0 Å². The average Bonchev–Trinajstić information content (AvgIpc) is 2.42. The summed E-state index contributed by atoms with van der Waals surface area (Å²) in [4.78, 5) is 11.9. The number of ether oxygens (including phenoxy) is 1. The number of anilines is 1. The Hall–Kier alpha value is -1.43. The molecule has 0 radical (unpaired) electrons. The summed E-state index contributed by atoms with van der Waals surface area (Å²) in [5, 5.41) is 15.3. The number of benzene rings is 1. The monoisotopic (exact) mass is 294 g/mol. The van der Waals surface area contributed by atoms with Crippen molar-refractivity contribution in [1.82, 2.24) is 5.32 Å². The zero-order chi connectivity index (χ0) is 15.7. The summed E-state index contributed by atoms with van der Waals surface area (Å²) in [6.45, 7) is 5.06. The van der Waals surface area contributed by atoms with Crippen LogP contribution in [0.15, 0.2) is 24.3 Å². The molecule has 5 heteroatoms. The number of hydrogen-bond donors (Lipinski definition) is 3. The van der Waals surface area contributed by atoms with Crippen molar-refractivity contribution in [2.75, 3.05) is 32.2 Å². The van der Waals surface area contributed by atoms with Crippen LogP contribution in [0.1, 0.15) is 25.3 Å². The zero-order valence-electron chi connectivity index (χ0n) is 13.1. The molecule has 5 nitrogen and oxygen atoms in total. The predicted molar refractivity (Wildman–Crippen MR) is 84.4 cm³/mol. The number of hydrogen-bond acceptors (Lipinski definition) is 4. The normalized spacial score (nSPS) is 13.7. The molecule has 21 heavy (non-hydrogen) atoms. The van der Waals surface area contributed by atoms with Crippen molar-refractivity contribution in [2.24, 2.45) is 0 Å². The highest BCUT2D eigenvalue weighted by atomic mass is 16.5. The largest absolute Gasteiger partial charge is 0.396 e. The summed E-state index contributed by atoms with van der Waals surface area (Å²) < 4.78 is 5.15. The molecule has 0 aliphatic heterocycles. The molecule has 1 aromatic rings. The number of aliphatic hydroxyl groups excluding tert-OH is 1. The molecule has 0 fully saturated rings. The highest BCUT2D eigenvalue weighted by molar-refractivity contribution is 5.91. The molecule has 0 aromatic heterocycles. The lowest BCUT2D eigenvalue weighted by Crippen LogP contribution is -2.47. The Morgan fingerprint density at radius 2 is 2.10 bits per heavy atom. The van der Waals surface area contributed by atoms with Gasteiger partial charge in [-0.2, -0.15) is 0 Å². The number of nitrogens with one attached hydrogen (secondary N) is 2. The number of aliphatic hydroxyl groups is 1. The molecule has 3 N–H and O–H groups in total. The van der Waals surface area contributed by atoms with Crippen molar-refractivity contribution < 1.29 is 14.6 Å². The van der Waals surface area contributed by atoms with Crippen LogP contribution in [-0.4, -0.2) is 43.4 Å². The van der Waals surface area contributed by atoms with Crippen LogP contribution in [0.5, 0.6) is 0 Å². The minimum absolute atomic E-state index is 0.0273. The molecule has 1 rings (SSSR count). The van der Waals surface area contributed by atoms with E-state index in [0.717, 1.165) is 11.3 Å². The van der Waals surface area contributed by atoms with Gasteiger partial charge >= 0.3 is 0 Å². The molecular formula is C16H26N2O3. The summed E-state index contributed by atoms with van der Waals surface area (Å²) >= 11 is 0. The molecule has 0 aliphatic rings. The highest BCUT2D eigenvalue weighted by Crippen LogP contribution is 2.13. The van der Waals surface area contributed by atoms with Gasteiger partial charge in [-0.3, -0.25) is 4.79 Å². The smallest absolute Gasteiger partial charge is 0.225 e. The molecule has 0 saturated carbocycles. The number of amides is 1. The maximum atomic E-state index is 11.9. The topological polar surface area (TPSA) is 70.6 Å². The van der Waals surface area contributed by atoms with Crippen molar-refractivity contribution in [3.05, 3.63) is 29.8 Å². The number of para-hydroxylation sites is 1. The lowest BCUT2D eigenvalue weighted by Gasteiger charge is -2.29. The Bertz CT molecular complexity index is 443. The molecule has 0 saturated heterocycles. The minimum Gasteiger partial charge on any atom is -0.396 e. The third-order valence-corrected chi connectivity index (χ3v) is 3.45. The summed E-state index contributed by atoms with van der Waals surface area (Å²) in [5.41, 5.74) is 1.58. The van der Waals surface area contributed by atoms with Gasteiger partial charge in [-0.05, 0) is 31.9 Å². The third-order valence-electron chi connectivity index (χ3n) is 3.45. The number of methoxy groups -OCH3 is 1. The molecule has 0 spiro atoms. The minimum atomic E-state index is -0.313. The molecule has 1 amide bonds. The Morgan fingerprint density at radius 1 is 1.38 bits per heavy atom. The van der Waals surface area contributed by atoms with E-state index in [2.05, 4.69) is 10.6 Å².